The molecule has 0 aromatic rings. The zero-order chi connectivity index (χ0) is 12.0. The number of aliphatic hydroxyl groups is 1. The summed E-state index contributed by atoms with van der Waals surface area (Å²) in [4.78, 5) is 22.2. The van der Waals surface area contributed by atoms with E-state index in [9.17, 15) is 14.7 Å². The first-order valence-corrected chi connectivity index (χ1v) is 5.28. The van der Waals surface area contributed by atoms with Gasteiger partial charge in [-0.3, -0.25) is 9.59 Å². The SMILES string of the molecule is CC.CC(C)C(=O)NC1C(=O)NCC1O. The first-order chi connectivity index (χ1) is 7.02. The zero-order valence-electron chi connectivity index (χ0n) is 9.70. The minimum atomic E-state index is -0.810. The second kappa shape index (κ2) is 6.40. The van der Waals surface area contributed by atoms with Crippen LogP contribution >= 0.6 is 0 Å². The van der Waals surface area contributed by atoms with Gasteiger partial charge in [-0.25, -0.2) is 0 Å². The fourth-order valence-electron chi connectivity index (χ4n) is 1.09. The van der Waals surface area contributed by atoms with E-state index in [-0.39, 0.29) is 24.3 Å². The highest BCUT2D eigenvalue weighted by atomic mass is 16.3. The molecule has 88 valence electrons. The number of rotatable bonds is 2. The van der Waals surface area contributed by atoms with Gasteiger partial charge in [0.1, 0.15) is 12.1 Å². The van der Waals surface area contributed by atoms with Gasteiger partial charge in [0.15, 0.2) is 0 Å². The van der Waals surface area contributed by atoms with Gasteiger partial charge in [0, 0.05) is 12.5 Å². The number of hydrogen-bond acceptors (Lipinski definition) is 3. The molecule has 3 N–H and O–H groups in total. The number of nitrogens with one attached hydrogen (secondary N) is 2. The van der Waals surface area contributed by atoms with Crippen molar-refractivity contribution in [3.05, 3.63) is 0 Å². The lowest BCUT2D eigenvalue weighted by Gasteiger charge is -2.14. The predicted molar refractivity (Wildman–Crippen MR) is 57.1 cm³/mol. The molecule has 2 atom stereocenters. The summed E-state index contributed by atoms with van der Waals surface area (Å²) < 4.78 is 0. The summed E-state index contributed by atoms with van der Waals surface area (Å²) in [6.07, 6.45) is -0.810. The fraction of sp³-hybridized carbons (Fsp3) is 0.800. The van der Waals surface area contributed by atoms with E-state index in [2.05, 4.69) is 10.6 Å². The first-order valence-electron chi connectivity index (χ1n) is 5.28. The van der Waals surface area contributed by atoms with E-state index in [4.69, 9.17) is 0 Å². The van der Waals surface area contributed by atoms with Crippen molar-refractivity contribution in [3.8, 4) is 0 Å². The zero-order valence-corrected chi connectivity index (χ0v) is 9.70. The molecule has 2 amide bonds. The predicted octanol–water partition coefficient (Wildman–Crippen LogP) is -0.356. The molecule has 0 aromatic heterocycles. The van der Waals surface area contributed by atoms with Crippen molar-refractivity contribution in [2.75, 3.05) is 6.54 Å². The van der Waals surface area contributed by atoms with Crippen LogP contribution in [-0.4, -0.2) is 35.6 Å². The normalized spacial score (nSPS) is 24.3. The molecule has 1 fully saturated rings. The molecule has 2 unspecified atom stereocenters. The summed E-state index contributed by atoms with van der Waals surface area (Å²) in [5.41, 5.74) is 0. The maximum atomic E-state index is 11.2. The lowest BCUT2D eigenvalue weighted by Crippen LogP contribution is -2.46. The lowest BCUT2D eigenvalue weighted by molar-refractivity contribution is -0.130. The van der Waals surface area contributed by atoms with Crippen LogP contribution < -0.4 is 10.6 Å². The Balaban J connectivity index is 0.000000921. The third-order valence-corrected chi connectivity index (χ3v) is 1.97. The fourth-order valence-corrected chi connectivity index (χ4v) is 1.09. The van der Waals surface area contributed by atoms with Gasteiger partial charge in [-0.2, -0.15) is 0 Å². The molecular formula is C10H20N2O3. The Morgan fingerprint density at radius 2 is 2.07 bits per heavy atom. The van der Waals surface area contributed by atoms with Crippen LogP contribution in [0.2, 0.25) is 0 Å². The van der Waals surface area contributed by atoms with Crippen LogP contribution in [-0.2, 0) is 9.59 Å². The summed E-state index contributed by atoms with van der Waals surface area (Å²) in [5, 5.41) is 14.2. The summed E-state index contributed by atoms with van der Waals surface area (Å²) in [6, 6.07) is -0.783. The maximum Gasteiger partial charge on any atom is 0.245 e. The van der Waals surface area contributed by atoms with E-state index in [0.29, 0.717) is 0 Å². The van der Waals surface area contributed by atoms with Crippen LogP contribution in [0.25, 0.3) is 0 Å². The van der Waals surface area contributed by atoms with Gasteiger partial charge in [-0.15, -0.1) is 0 Å². The van der Waals surface area contributed by atoms with Gasteiger partial charge in [-0.1, -0.05) is 27.7 Å². The van der Waals surface area contributed by atoms with E-state index >= 15 is 0 Å². The number of amides is 2. The summed E-state index contributed by atoms with van der Waals surface area (Å²) in [6.45, 7) is 7.67. The van der Waals surface area contributed by atoms with E-state index < -0.39 is 12.1 Å². The van der Waals surface area contributed by atoms with Gasteiger partial charge >= 0.3 is 0 Å². The Labute approximate surface area is 90.2 Å². The molecule has 0 aromatic carbocycles. The number of carbonyl (C=O) groups excluding carboxylic acids is 2. The Morgan fingerprint density at radius 1 is 1.53 bits per heavy atom. The second-order valence-corrected chi connectivity index (χ2v) is 3.45. The Hall–Kier alpha value is -1.10. The van der Waals surface area contributed by atoms with Crippen molar-refractivity contribution >= 4 is 11.8 Å². The van der Waals surface area contributed by atoms with Gasteiger partial charge in [0.05, 0.1) is 0 Å². The third-order valence-electron chi connectivity index (χ3n) is 1.97. The molecular weight excluding hydrogens is 196 g/mol. The van der Waals surface area contributed by atoms with E-state index in [1.165, 1.54) is 0 Å². The molecule has 0 radical (unpaired) electrons. The lowest BCUT2D eigenvalue weighted by atomic mass is 10.1. The molecule has 0 bridgehead atoms. The molecule has 1 rings (SSSR count). The summed E-state index contributed by atoms with van der Waals surface area (Å²) in [5.74, 6) is -0.719. The molecule has 0 spiro atoms. The Morgan fingerprint density at radius 3 is 2.40 bits per heavy atom. The average molecular weight is 216 g/mol. The molecule has 1 aliphatic rings. The van der Waals surface area contributed by atoms with Crippen LogP contribution in [0.1, 0.15) is 27.7 Å². The van der Waals surface area contributed by atoms with Crippen molar-refractivity contribution in [1.29, 1.82) is 0 Å². The van der Waals surface area contributed by atoms with E-state index in [1.807, 2.05) is 13.8 Å². The Bertz CT molecular complexity index is 229. The third kappa shape index (κ3) is 3.87. The smallest absolute Gasteiger partial charge is 0.245 e. The van der Waals surface area contributed by atoms with Crippen LogP contribution in [0, 0.1) is 5.92 Å². The monoisotopic (exact) mass is 216 g/mol. The second-order valence-electron chi connectivity index (χ2n) is 3.45. The number of β-amino-alcohol motifs (C(OH)–C–C–N with tert-alkyl or cyclic N) is 1. The highest BCUT2D eigenvalue weighted by Gasteiger charge is 2.34. The Kier molecular flexibility index (Phi) is 5.93. The van der Waals surface area contributed by atoms with Gasteiger partial charge in [0.2, 0.25) is 11.8 Å². The molecule has 0 aliphatic carbocycles. The molecule has 1 aliphatic heterocycles. The molecule has 15 heavy (non-hydrogen) atoms. The average Bonchev–Trinajstić information content (AvgIpc) is 2.52. The summed E-state index contributed by atoms with van der Waals surface area (Å²) >= 11 is 0. The van der Waals surface area contributed by atoms with Crippen molar-refractivity contribution < 1.29 is 14.7 Å². The van der Waals surface area contributed by atoms with Crippen LogP contribution in [0.4, 0.5) is 0 Å². The van der Waals surface area contributed by atoms with E-state index in [0.717, 1.165) is 0 Å². The number of hydrogen-bond donors (Lipinski definition) is 3. The molecule has 1 heterocycles. The molecule has 1 saturated heterocycles. The van der Waals surface area contributed by atoms with Gasteiger partial charge < -0.3 is 15.7 Å². The largest absolute Gasteiger partial charge is 0.389 e. The highest BCUT2D eigenvalue weighted by Crippen LogP contribution is 2.02. The molecule has 0 saturated carbocycles. The summed E-state index contributed by atoms with van der Waals surface area (Å²) in [7, 11) is 0. The van der Waals surface area contributed by atoms with Crippen molar-refractivity contribution in [2.45, 2.75) is 39.8 Å². The van der Waals surface area contributed by atoms with Crippen LogP contribution in [0.3, 0.4) is 0 Å². The van der Waals surface area contributed by atoms with Crippen molar-refractivity contribution in [1.82, 2.24) is 10.6 Å². The minimum Gasteiger partial charge on any atom is -0.389 e. The minimum absolute atomic E-state index is 0.180. The first kappa shape index (κ1) is 13.9. The van der Waals surface area contributed by atoms with E-state index in [1.54, 1.807) is 13.8 Å². The quantitative estimate of drug-likeness (QED) is 0.590. The van der Waals surface area contributed by atoms with Crippen molar-refractivity contribution in [2.24, 2.45) is 5.92 Å². The number of aliphatic hydroxyl groups excluding tert-OH is 1. The maximum absolute atomic E-state index is 11.2. The van der Waals surface area contributed by atoms with Gasteiger partial charge in [-0.05, 0) is 0 Å². The van der Waals surface area contributed by atoms with Crippen LogP contribution in [0.5, 0.6) is 0 Å². The van der Waals surface area contributed by atoms with Gasteiger partial charge in [0.25, 0.3) is 0 Å². The standard InChI is InChI=1S/C8H14N2O3.C2H6/c1-4(2)7(12)10-6-5(11)3-9-8(6)13;1-2/h4-6,11H,3H2,1-2H3,(H,9,13)(H,10,12);1-2H3. The van der Waals surface area contributed by atoms with Crippen molar-refractivity contribution in [3.63, 3.8) is 0 Å². The number of carbonyl (C=O) groups is 2. The van der Waals surface area contributed by atoms with Crippen LogP contribution in [0.15, 0.2) is 0 Å². The topological polar surface area (TPSA) is 78.4 Å². The molecule has 5 nitrogen and oxygen atoms in total. The molecule has 5 heteroatoms. The highest BCUT2D eigenvalue weighted by molar-refractivity contribution is 5.90.